The van der Waals surface area contributed by atoms with Crippen LogP contribution in [0, 0.1) is 0 Å². The van der Waals surface area contributed by atoms with Gasteiger partial charge in [0.15, 0.2) is 0 Å². The molecule has 0 aliphatic carbocycles. The van der Waals surface area contributed by atoms with Crippen molar-refractivity contribution >= 4 is 17.7 Å². The van der Waals surface area contributed by atoms with Crippen LogP contribution < -0.4 is 15.4 Å². The first-order chi connectivity index (χ1) is 12.0. The number of hydrogen-bond acceptors (Lipinski definition) is 5. The van der Waals surface area contributed by atoms with Crippen LogP contribution in [0.4, 0.5) is 5.82 Å². The average Bonchev–Trinajstić information content (AvgIpc) is 2.63. The first kappa shape index (κ1) is 16.8. The fraction of sp³-hybridized carbons (Fsp3) is 0.278. The van der Waals surface area contributed by atoms with Gasteiger partial charge in [-0.25, -0.2) is 9.78 Å². The summed E-state index contributed by atoms with van der Waals surface area (Å²) in [7, 11) is 0. The van der Waals surface area contributed by atoms with Crippen LogP contribution >= 0.6 is 0 Å². The third-order valence-electron chi connectivity index (χ3n) is 4.37. The fourth-order valence-corrected chi connectivity index (χ4v) is 2.99. The molecular formula is C18H19N3O4. The molecule has 1 saturated heterocycles. The molecule has 1 aromatic heterocycles. The lowest BCUT2D eigenvalue weighted by Crippen LogP contribution is -2.53. The second-order valence-electron chi connectivity index (χ2n) is 5.94. The molecule has 1 amide bonds. The molecule has 0 bridgehead atoms. The van der Waals surface area contributed by atoms with Crippen LogP contribution in [-0.2, 0) is 4.79 Å². The second-order valence-corrected chi connectivity index (χ2v) is 5.94. The number of pyridine rings is 1. The highest BCUT2D eigenvalue weighted by molar-refractivity contribution is 5.97. The van der Waals surface area contributed by atoms with Gasteiger partial charge in [0.25, 0.3) is 5.91 Å². The zero-order chi connectivity index (χ0) is 17.9. The molecule has 0 spiro atoms. The number of carbonyl (C=O) groups is 2. The number of anilines is 1. The number of nitrogens with two attached hydrogens (primary N) is 1. The lowest BCUT2D eigenvalue weighted by Gasteiger charge is -2.39. The summed E-state index contributed by atoms with van der Waals surface area (Å²) in [5.74, 6) is -0.548. The Hall–Kier alpha value is -3.09. The average molecular weight is 341 g/mol. The van der Waals surface area contributed by atoms with E-state index in [-0.39, 0.29) is 12.8 Å². The number of piperidine rings is 1. The van der Waals surface area contributed by atoms with Gasteiger partial charge in [0.2, 0.25) is 5.60 Å². The molecule has 0 atom stereocenters. The summed E-state index contributed by atoms with van der Waals surface area (Å²) >= 11 is 0. The maximum atomic E-state index is 11.9. The van der Waals surface area contributed by atoms with Crippen LogP contribution in [-0.4, -0.2) is 40.7 Å². The summed E-state index contributed by atoms with van der Waals surface area (Å²) < 4.78 is 5.83. The summed E-state index contributed by atoms with van der Waals surface area (Å²) in [4.78, 5) is 29.6. The van der Waals surface area contributed by atoms with Gasteiger partial charge < -0.3 is 20.5 Å². The molecule has 25 heavy (non-hydrogen) atoms. The number of aromatic nitrogens is 1. The van der Waals surface area contributed by atoms with E-state index < -0.39 is 17.5 Å². The second kappa shape index (κ2) is 6.80. The number of para-hydroxylation sites is 1. The number of aliphatic carboxylic acids is 1. The van der Waals surface area contributed by atoms with E-state index in [2.05, 4.69) is 4.98 Å². The molecule has 2 heterocycles. The van der Waals surface area contributed by atoms with E-state index in [4.69, 9.17) is 10.5 Å². The molecule has 3 rings (SSSR count). The van der Waals surface area contributed by atoms with E-state index >= 15 is 0 Å². The number of carboxylic acids is 1. The minimum absolute atomic E-state index is 0.270. The summed E-state index contributed by atoms with van der Waals surface area (Å²) in [6, 6.07) is 12.2. The molecule has 0 unspecified atom stereocenters. The molecule has 2 aromatic rings. The Morgan fingerprint density at radius 1 is 1.12 bits per heavy atom. The van der Waals surface area contributed by atoms with E-state index in [9.17, 15) is 14.7 Å². The van der Waals surface area contributed by atoms with Crippen molar-refractivity contribution in [3.8, 4) is 5.75 Å². The Bertz CT molecular complexity index is 771. The molecule has 1 aliphatic rings. The number of primary amides is 1. The number of rotatable bonds is 5. The van der Waals surface area contributed by atoms with E-state index in [1.165, 1.54) is 0 Å². The highest BCUT2D eigenvalue weighted by Gasteiger charge is 2.44. The number of ether oxygens (including phenoxy) is 1. The van der Waals surface area contributed by atoms with Crippen molar-refractivity contribution < 1.29 is 19.4 Å². The number of benzene rings is 1. The molecule has 1 aliphatic heterocycles. The maximum Gasteiger partial charge on any atom is 0.348 e. The van der Waals surface area contributed by atoms with Crippen molar-refractivity contribution in [3.63, 3.8) is 0 Å². The van der Waals surface area contributed by atoms with Gasteiger partial charge >= 0.3 is 5.97 Å². The highest BCUT2D eigenvalue weighted by atomic mass is 16.5. The van der Waals surface area contributed by atoms with Crippen LogP contribution in [0.15, 0.2) is 48.7 Å². The van der Waals surface area contributed by atoms with Crippen LogP contribution in [0.3, 0.4) is 0 Å². The Labute approximate surface area is 145 Å². The molecule has 7 nitrogen and oxygen atoms in total. The molecule has 0 radical (unpaired) electrons. The molecule has 3 N–H and O–H groups in total. The smallest absolute Gasteiger partial charge is 0.348 e. The lowest BCUT2D eigenvalue weighted by atomic mass is 9.90. The summed E-state index contributed by atoms with van der Waals surface area (Å²) in [5, 5.41) is 9.72. The Kier molecular flexibility index (Phi) is 4.56. The lowest BCUT2D eigenvalue weighted by molar-refractivity contribution is -0.157. The van der Waals surface area contributed by atoms with Gasteiger partial charge in [-0.05, 0) is 24.3 Å². The van der Waals surface area contributed by atoms with Crippen LogP contribution in [0.1, 0.15) is 23.2 Å². The predicted molar refractivity (Wildman–Crippen MR) is 91.6 cm³/mol. The third kappa shape index (κ3) is 3.40. The third-order valence-corrected chi connectivity index (χ3v) is 4.37. The SMILES string of the molecule is NC(=O)c1cccnc1N1CCC(Oc2ccccc2)(C(=O)O)CC1. The van der Waals surface area contributed by atoms with Gasteiger partial charge in [0.1, 0.15) is 11.6 Å². The zero-order valence-corrected chi connectivity index (χ0v) is 13.6. The van der Waals surface area contributed by atoms with Crippen molar-refractivity contribution in [1.82, 2.24) is 4.98 Å². The Morgan fingerprint density at radius 3 is 2.40 bits per heavy atom. The first-order valence-corrected chi connectivity index (χ1v) is 7.99. The van der Waals surface area contributed by atoms with Crippen molar-refractivity contribution in [3.05, 3.63) is 54.2 Å². The van der Waals surface area contributed by atoms with Gasteiger partial charge in [0, 0.05) is 32.1 Å². The normalized spacial score (nSPS) is 16.2. The topological polar surface area (TPSA) is 106 Å². The van der Waals surface area contributed by atoms with E-state index in [0.29, 0.717) is 30.2 Å². The number of hydrogen-bond donors (Lipinski definition) is 2. The van der Waals surface area contributed by atoms with Crippen molar-refractivity contribution in [1.29, 1.82) is 0 Å². The van der Waals surface area contributed by atoms with Crippen LogP contribution in [0.5, 0.6) is 5.75 Å². The minimum Gasteiger partial charge on any atom is -0.478 e. The van der Waals surface area contributed by atoms with Gasteiger partial charge in [-0.1, -0.05) is 18.2 Å². The molecule has 0 saturated carbocycles. The summed E-state index contributed by atoms with van der Waals surface area (Å²) in [6.45, 7) is 0.798. The van der Waals surface area contributed by atoms with Crippen molar-refractivity contribution in [2.24, 2.45) is 5.73 Å². The maximum absolute atomic E-state index is 11.9. The van der Waals surface area contributed by atoms with Crippen LogP contribution in [0.2, 0.25) is 0 Å². The Morgan fingerprint density at radius 2 is 1.80 bits per heavy atom. The first-order valence-electron chi connectivity index (χ1n) is 7.99. The number of carboxylic acid groups (broad SMARTS) is 1. The largest absolute Gasteiger partial charge is 0.478 e. The van der Waals surface area contributed by atoms with Gasteiger partial charge in [-0.3, -0.25) is 4.79 Å². The highest BCUT2D eigenvalue weighted by Crippen LogP contribution is 2.31. The van der Waals surface area contributed by atoms with Crippen molar-refractivity contribution in [2.75, 3.05) is 18.0 Å². The van der Waals surface area contributed by atoms with Gasteiger partial charge in [0.05, 0.1) is 5.56 Å². The number of nitrogens with zero attached hydrogens (tertiary/aromatic N) is 2. The minimum atomic E-state index is -1.29. The Balaban J connectivity index is 1.79. The summed E-state index contributed by atoms with van der Waals surface area (Å²) in [5.41, 5.74) is 4.44. The van der Waals surface area contributed by atoms with Gasteiger partial charge in [-0.2, -0.15) is 0 Å². The van der Waals surface area contributed by atoms with E-state index in [1.807, 2.05) is 11.0 Å². The number of carbonyl (C=O) groups excluding carboxylic acids is 1. The quantitative estimate of drug-likeness (QED) is 0.857. The molecule has 1 aromatic carbocycles. The van der Waals surface area contributed by atoms with Gasteiger partial charge in [-0.15, -0.1) is 0 Å². The molecular weight excluding hydrogens is 322 g/mol. The van der Waals surface area contributed by atoms with E-state index in [0.717, 1.165) is 0 Å². The standard InChI is InChI=1S/C18H19N3O4/c19-15(22)14-7-4-10-20-16(14)21-11-8-18(9-12-21,17(23)24)25-13-5-2-1-3-6-13/h1-7,10H,8-9,11-12H2,(H2,19,22)(H,23,24). The fourth-order valence-electron chi connectivity index (χ4n) is 2.99. The molecule has 1 fully saturated rings. The monoisotopic (exact) mass is 341 g/mol. The van der Waals surface area contributed by atoms with Crippen LogP contribution in [0.25, 0.3) is 0 Å². The predicted octanol–water partition coefficient (Wildman–Crippen LogP) is 1.68. The molecule has 130 valence electrons. The van der Waals surface area contributed by atoms with E-state index in [1.54, 1.807) is 42.6 Å². The summed E-state index contributed by atoms with van der Waals surface area (Å²) in [6.07, 6.45) is 2.12. The molecule has 7 heteroatoms. The van der Waals surface area contributed by atoms with Crippen molar-refractivity contribution in [2.45, 2.75) is 18.4 Å². The zero-order valence-electron chi connectivity index (χ0n) is 13.6. The number of amides is 1.